The fourth-order valence-electron chi connectivity index (χ4n) is 4.99. The van der Waals surface area contributed by atoms with Gasteiger partial charge >= 0.3 is 0 Å². The number of anilines is 3. The molecule has 2 aliphatic rings. The Balaban J connectivity index is 0.000000213. The van der Waals surface area contributed by atoms with Crippen LogP contribution < -0.4 is 16.4 Å². The molecular weight excluding hydrogens is 523 g/mol. The average molecular weight is 569 g/mol. The van der Waals surface area contributed by atoms with Crippen molar-refractivity contribution in [2.75, 3.05) is 44.0 Å². The molecule has 0 radical (unpaired) electrons. The monoisotopic (exact) mass is 568 g/mol. The highest BCUT2D eigenvalue weighted by molar-refractivity contribution is 5.91. The quantitative estimate of drug-likeness (QED) is 0.228. The van der Waals surface area contributed by atoms with Crippen LogP contribution in [0.25, 0.3) is 10.9 Å². The lowest BCUT2D eigenvalue weighted by Crippen LogP contribution is -2.19. The van der Waals surface area contributed by atoms with Crippen molar-refractivity contribution in [3.63, 3.8) is 0 Å². The van der Waals surface area contributed by atoms with Gasteiger partial charge in [-0.25, -0.2) is 14.4 Å². The van der Waals surface area contributed by atoms with Gasteiger partial charge in [-0.15, -0.1) is 0 Å². The molecule has 1 unspecified atom stereocenters. The minimum absolute atomic E-state index is 0.130. The van der Waals surface area contributed by atoms with Crippen molar-refractivity contribution in [3.05, 3.63) is 48.0 Å². The standard InChI is InChI=1S/C17H15FN4O.C7H15NO2.C7H15N/c1-9-6-12-13(21-9)4-5-14(16(12)18)22-17-11-3-2-10(23)7-15(11)19-8-20-17;1-10-6-4-2-3-5-7(8)9;1-2-5-8-6-3-4-7-8/h2-5,7-9,21,23H,6H2,1H3,(H,19,20,22);2-6H2,1H3,(H2,8,9);2-7H2,1H3. The summed E-state index contributed by atoms with van der Waals surface area (Å²) in [6, 6.07) is 8.63. The van der Waals surface area contributed by atoms with Crippen LogP contribution >= 0.6 is 0 Å². The summed E-state index contributed by atoms with van der Waals surface area (Å²) in [6.07, 6.45) is 9.66. The maximum atomic E-state index is 14.7. The lowest BCUT2D eigenvalue weighted by Gasteiger charge is -2.11. The summed E-state index contributed by atoms with van der Waals surface area (Å²) >= 11 is 0. The maximum absolute atomic E-state index is 14.7. The van der Waals surface area contributed by atoms with Gasteiger partial charge < -0.3 is 31.1 Å². The van der Waals surface area contributed by atoms with Crippen LogP contribution in [0.1, 0.15) is 64.4 Å². The van der Waals surface area contributed by atoms with Gasteiger partial charge in [0, 0.05) is 48.9 Å². The first kappa shape index (κ1) is 32.0. The number of halogens is 1. The van der Waals surface area contributed by atoms with E-state index in [-0.39, 0.29) is 23.5 Å². The number of hydrogen-bond donors (Lipinski definition) is 4. The van der Waals surface area contributed by atoms with Crippen LogP contribution in [-0.4, -0.2) is 65.3 Å². The number of primary amides is 1. The third kappa shape index (κ3) is 10.1. The predicted octanol–water partition coefficient (Wildman–Crippen LogP) is 5.75. The number of ether oxygens (including phenoxy) is 1. The fourth-order valence-corrected chi connectivity index (χ4v) is 4.99. The predicted molar refractivity (Wildman–Crippen MR) is 163 cm³/mol. The van der Waals surface area contributed by atoms with Gasteiger partial charge in [0.25, 0.3) is 0 Å². The van der Waals surface area contributed by atoms with Gasteiger partial charge in [-0.1, -0.05) is 13.3 Å². The number of carbonyl (C=O) groups is 1. The molecule has 5 N–H and O–H groups in total. The minimum atomic E-state index is -0.259. The number of hydrogen-bond acceptors (Lipinski definition) is 8. The Hall–Kier alpha value is -3.50. The van der Waals surface area contributed by atoms with Crippen molar-refractivity contribution in [1.82, 2.24) is 14.9 Å². The number of amides is 1. The van der Waals surface area contributed by atoms with Crippen LogP contribution in [0.15, 0.2) is 36.7 Å². The van der Waals surface area contributed by atoms with Gasteiger partial charge in [0.1, 0.15) is 17.9 Å². The largest absolute Gasteiger partial charge is 0.508 e. The molecule has 1 atom stereocenters. The van der Waals surface area contributed by atoms with E-state index < -0.39 is 0 Å². The van der Waals surface area contributed by atoms with Gasteiger partial charge in [-0.3, -0.25) is 4.79 Å². The second-order valence-corrected chi connectivity index (χ2v) is 10.6. The lowest BCUT2D eigenvalue weighted by molar-refractivity contribution is -0.118. The van der Waals surface area contributed by atoms with Crippen LogP contribution in [0.5, 0.6) is 5.75 Å². The van der Waals surface area contributed by atoms with Gasteiger partial charge in [-0.05, 0) is 89.3 Å². The number of unbranched alkanes of at least 4 members (excludes halogenated alkanes) is 2. The van der Waals surface area contributed by atoms with Crippen molar-refractivity contribution in [1.29, 1.82) is 0 Å². The number of aromatic hydroxyl groups is 1. The van der Waals surface area contributed by atoms with E-state index in [1.165, 1.54) is 45.2 Å². The van der Waals surface area contributed by atoms with Crippen LogP contribution in [0.2, 0.25) is 0 Å². The molecule has 0 saturated carbocycles. The number of nitrogens with two attached hydrogens (primary N) is 1. The Morgan fingerprint density at radius 3 is 2.68 bits per heavy atom. The SMILES string of the molecule is CC1Cc2c(ccc(Nc3ncnc4cc(O)ccc34)c2F)N1.CCCN1CCCC1.COCCCCCC(N)=O. The van der Waals surface area contributed by atoms with E-state index >= 15 is 0 Å². The third-order valence-corrected chi connectivity index (χ3v) is 7.04. The summed E-state index contributed by atoms with van der Waals surface area (Å²) in [4.78, 5) is 21.1. The highest BCUT2D eigenvalue weighted by Crippen LogP contribution is 2.34. The van der Waals surface area contributed by atoms with Gasteiger partial charge in [0.15, 0.2) is 5.82 Å². The molecule has 10 heteroatoms. The minimum Gasteiger partial charge on any atom is -0.508 e. The zero-order chi connectivity index (χ0) is 29.6. The second-order valence-electron chi connectivity index (χ2n) is 10.6. The Labute approximate surface area is 242 Å². The van der Waals surface area contributed by atoms with Crippen molar-refractivity contribution in [3.8, 4) is 5.75 Å². The van der Waals surface area contributed by atoms with Gasteiger partial charge in [-0.2, -0.15) is 0 Å². The molecule has 3 heterocycles. The van der Waals surface area contributed by atoms with Crippen LogP contribution in [0.4, 0.5) is 21.6 Å². The van der Waals surface area contributed by atoms with E-state index in [4.69, 9.17) is 10.5 Å². The Kier molecular flexibility index (Phi) is 13.0. The second kappa shape index (κ2) is 16.7. The number of nitrogens with zero attached hydrogens (tertiary/aromatic N) is 3. The van der Waals surface area contributed by atoms with Gasteiger partial charge in [0.2, 0.25) is 5.91 Å². The van der Waals surface area contributed by atoms with E-state index in [0.717, 1.165) is 36.9 Å². The highest BCUT2D eigenvalue weighted by Gasteiger charge is 2.22. The van der Waals surface area contributed by atoms with E-state index in [9.17, 15) is 14.3 Å². The molecule has 9 nitrogen and oxygen atoms in total. The molecule has 224 valence electrons. The number of rotatable bonds is 10. The topological polar surface area (TPSA) is 126 Å². The first-order chi connectivity index (χ1) is 19.8. The summed E-state index contributed by atoms with van der Waals surface area (Å²) in [5, 5.41) is 16.5. The number of methoxy groups -OCH3 is 1. The van der Waals surface area contributed by atoms with Crippen molar-refractivity contribution in [2.45, 2.75) is 71.3 Å². The van der Waals surface area contributed by atoms with E-state index in [2.05, 4.69) is 32.4 Å². The molecule has 1 fully saturated rings. The molecule has 0 bridgehead atoms. The number of likely N-dealkylation sites (tertiary alicyclic amines) is 1. The van der Waals surface area contributed by atoms with E-state index in [1.807, 2.05) is 13.0 Å². The Morgan fingerprint density at radius 1 is 1.20 bits per heavy atom. The smallest absolute Gasteiger partial charge is 0.217 e. The summed E-state index contributed by atoms with van der Waals surface area (Å²) < 4.78 is 19.5. The molecule has 1 amide bonds. The molecule has 41 heavy (non-hydrogen) atoms. The van der Waals surface area contributed by atoms with Crippen LogP contribution in [0, 0.1) is 5.82 Å². The third-order valence-electron chi connectivity index (χ3n) is 7.04. The van der Waals surface area contributed by atoms with Crippen molar-refractivity contribution in [2.24, 2.45) is 5.73 Å². The number of phenols is 1. The maximum Gasteiger partial charge on any atom is 0.217 e. The average Bonchev–Trinajstić information content (AvgIpc) is 3.60. The Bertz CT molecular complexity index is 1250. The number of aromatic nitrogens is 2. The number of fused-ring (bicyclic) bond motifs is 2. The van der Waals surface area contributed by atoms with E-state index in [1.54, 1.807) is 31.4 Å². The first-order valence-corrected chi connectivity index (χ1v) is 14.6. The molecule has 2 aliphatic heterocycles. The number of benzene rings is 2. The highest BCUT2D eigenvalue weighted by atomic mass is 19.1. The van der Waals surface area contributed by atoms with Gasteiger partial charge in [0.05, 0.1) is 11.2 Å². The fraction of sp³-hybridized carbons (Fsp3) is 0.516. The number of phenolic OH excluding ortho intramolecular Hbond substituents is 1. The van der Waals surface area contributed by atoms with Crippen molar-refractivity contribution < 1.29 is 19.0 Å². The lowest BCUT2D eigenvalue weighted by atomic mass is 10.1. The van der Waals surface area contributed by atoms with Crippen LogP contribution in [-0.2, 0) is 16.0 Å². The molecule has 5 rings (SSSR count). The molecule has 2 aromatic carbocycles. The van der Waals surface area contributed by atoms with Crippen LogP contribution in [0.3, 0.4) is 0 Å². The molecule has 1 aromatic heterocycles. The molecule has 0 spiro atoms. The normalized spacial score (nSPS) is 15.8. The zero-order valence-electron chi connectivity index (χ0n) is 24.6. The number of nitrogens with one attached hydrogen (secondary N) is 2. The summed E-state index contributed by atoms with van der Waals surface area (Å²) in [7, 11) is 1.67. The van der Waals surface area contributed by atoms with Crippen molar-refractivity contribution >= 4 is 34.0 Å². The summed E-state index contributed by atoms with van der Waals surface area (Å²) in [6.45, 7) is 9.08. The molecule has 3 aromatic rings. The number of carbonyl (C=O) groups excluding carboxylic acids is 1. The zero-order valence-corrected chi connectivity index (χ0v) is 24.6. The molecular formula is C31H45FN6O3. The summed E-state index contributed by atoms with van der Waals surface area (Å²) in [5.41, 5.74) is 7.45. The first-order valence-electron chi connectivity index (χ1n) is 14.6. The van der Waals surface area contributed by atoms with E-state index in [0.29, 0.717) is 35.4 Å². The molecule has 0 aliphatic carbocycles. The summed E-state index contributed by atoms with van der Waals surface area (Å²) in [5.74, 6) is 0.168. The molecule has 1 saturated heterocycles. The Morgan fingerprint density at radius 2 is 1.98 bits per heavy atom.